The highest BCUT2D eigenvalue weighted by molar-refractivity contribution is 7.22. The summed E-state index contributed by atoms with van der Waals surface area (Å²) in [5.41, 5.74) is 8.25. The molecule has 3 heterocycles. The Hall–Kier alpha value is -2.15. The minimum absolute atomic E-state index is 0.0145. The Bertz CT molecular complexity index is 784. The highest BCUT2D eigenvalue weighted by Crippen LogP contribution is 2.30. The second-order valence-corrected chi connectivity index (χ2v) is 7.10. The number of nitrogens with zero attached hydrogens (tertiary/aromatic N) is 2. The number of fused-ring (bicyclic) bond motifs is 2. The number of aromatic nitrogens is 1. The van der Waals surface area contributed by atoms with Crippen molar-refractivity contribution in [2.24, 2.45) is 5.92 Å². The molecular formula is C15H16N4O2S. The fourth-order valence-electron chi connectivity index (χ4n) is 3.43. The molecule has 22 heavy (non-hydrogen) atoms. The average molecular weight is 316 g/mol. The van der Waals surface area contributed by atoms with Gasteiger partial charge in [0.25, 0.3) is 5.91 Å². The smallest absolute Gasteiger partial charge is 0.253 e. The van der Waals surface area contributed by atoms with Gasteiger partial charge in [0.1, 0.15) is 0 Å². The van der Waals surface area contributed by atoms with Gasteiger partial charge in [-0.2, -0.15) is 0 Å². The number of rotatable bonds is 1. The standard InChI is InChI=1S/C15H16N4O2S/c1-7-2-8(3-11-13(7)18-15(16)22-11)14(21)19-5-9-4-12(20)17-10(9)6-19/h2-3,9-10H,4-6H2,1H3,(H2,16,18)(H,17,20)/t9-,10+/m0/s1. The molecule has 0 saturated carbocycles. The van der Waals surface area contributed by atoms with Crippen molar-refractivity contribution in [3.63, 3.8) is 0 Å². The summed E-state index contributed by atoms with van der Waals surface area (Å²) in [6, 6.07) is 3.85. The van der Waals surface area contributed by atoms with Crippen LogP contribution in [0.25, 0.3) is 10.2 Å². The maximum atomic E-state index is 12.7. The minimum atomic E-state index is 0.0145. The minimum Gasteiger partial charge on any atom is -0.375 e. The molecule has 2 saturated heterocycles. The zero-order valence-electron chi connectivity index (χ0n) is 12.1. The molecule has 3 N–H and O–H groups in total. The number of nitrogens with one attached hydrogen (secondary N) is 1. The lowest BCUT2D eigenvalue weighted by atomic mass is 10.1. The van der Waals surface area contributed by atoms with E-state index >= 15 is 0 Å². The first-order valence-corrected chi connectivity index (χ1v) is 8.08. The Kier molecular flexibility index (Phi) is 2.87. The summed E-state index contributed by atoms with van der Waals surface area (Å²) < 4.78 is 0.938. The Morgan fingerprint density at radius 1 is 1.45 bits per heavy atom. The molecule has 0 bridgehead atoms. The lowest BCUT2D eigenvalue weighted by Crippen LogP contribution is -2.35. The molecule has 2 amide bonds. The van der Waals surface area contributed by atoms with Gasteiger partial charge < -0.3 is 16.0 Å². The van der Waals surface area contributed by atoms with E-state index in [2.05, 4.69) is 10.3 Å². The van der Waals surface area contributed by atoms with Gasteiger partial charge in [-0.15, -0.1) is 0 Å². The van der Waals surface area contributed by atoms with Crippen molar-refractivity contribution >= 4 is 38.5 Å². The number of aryl methyl sites for hydroxylation is 1. The third kappa shape index (κ3) is 2.04. The molecule has 6 nitrogen and oxygen atoms in total. The van der Waals surface area contributed by atoms with E-state index < -0.39 is 0 Å². The fourth-order valence-corrected chi connectivity index (χ4v) is 4.28. The molecule has 2 aliphatic rings. The zero-order valence-corrected chi connectivity index (χ0v) is 12.9. The number of anilines is 1. The number of likely N-dealkylation sites (tertiary alicyclic amines) is 1. The molecular weight excluding hydrogens is 300 g/mol. The number of benzene rings is 1. The Labute approximate surface area is 131 Å². The van der Waals surface area contributed by atoms with Crippen molar-refractivity contribution in [2.45, 2.75) is 19.4 Å². The largest absolute Gasteiger partial charge is 0.375 e. The summed E-state index contributed by atoms with van der Waals surface area (Å²) in [5.74, 6) is 0.362. The number of nitrogens with two attached hydrogens (primary N) is 1. The van der Waals surface area contributed by atoms with Crippen LogP contribution in [0.15, 0.2) is 12.1 Å². The first-order chi connectivity index (χ1) is 10.5. The van der Waals surface area contributed by atoms with E-state index in [0.29, 0.717) is 30.2 Å². The second-order valence-electron chi connectivity index (χ2n) is 6.04. The lowest BCUT2D eigenvalue weighted by Gasteiger charge is -2.17. The van der Waals surface area contributed by atoms with Crippen LogP contribution in [-0.4, -0.2) is 40.8 Å². The number of carbonyl (C=O) groups is 2. The molecule has 2 fully saturated rings. The van der Waals surface area contributed by atoms with Crippen LogP contribution in [0.5, 0.6) is 0 Å². The normalized spacial score (nSPS) is 23.9. The molecule has 0 aliphatic carbocycles. The van der Waals surface area contributed by atoms with Gasteiger partial charge in [0.15, 0.2) is 5.13 Å². The van der Waals surface area contributed by atoms with Crippen LogP contribution in [0.2, 0.25) is 0 Å². The molecule has 0 unspecified atom stereocenters. The number of thiazole rings is 1. The topological polar surface area (TPSA) is 88.3 Å². The summed E-state index contributed by atoms with van der Waals surface area (Å²) in [7, 11) is 0. The SMILES string of the molecule is Cc1cc(C(=O)N2C[C@@H]3CC(=O)N[C@@H]3C2)cc2sc(N)nc12. The van der Waals surface area contributed by atoms with Crippen LogP contribution < -0.4 is 11.1 Å². The lowest BCUT2D eigenvalue weighted by molar-refractivity contribution is -0.119. The summed E-state index contributed by atoms with van der Waals surface area (Å²) in [4.78, 5) is 30.2. The summed E-state index contributed by atoms with van der Waals surface area (Å²) >= 11 is 1.40. The average Bonchev–Trinajstić information content (AvgIpc) is 3.09. The van der Waals surface area contributed by atoms with E-state index in [4.69, 9.17) is 5.73 Å². The molecule has 1 aromatic heterocycles. The van der Waals surface area contributed by atoms with Crippen LogP contribution >= 0.6 is 11.3 Å². The molecule has 2 aromatic rings. The molecule has 2 atom stereocenters. The molecule has 114 valence electrons. The molecule has 1 aromatic carbocycles. The van der Waals surface area contributed by atoms with Gasteiger partial charge in [-0.25, -0.2) is 4.98 Å². The predicted molar refractivity (Wildman–Crippen MR) is 84.7 cm³/mol. The molecule has 7 heteroatoms. The third-order valence-corrected chi connectivity index (χ3v) is 5.30. The van der Waals surface area contributed by atoms with Crippen molar-refractivity contribution in [2.75, 3.05) is 18.8 Å². The Morgan fingerprint density at radius 3 is 3.05 bits per heavy atom. The number of amides is 2. The maximum Gasteiger partial charge on any atom is 0.253 e. The van der Waals surface area contributed by atoms with Gasteiger partial charge in [0, 0.05) is 31.0 Å². The number of hydrogen-bond acceptors (Lipinski definition) is 5. The monoisotopic (exact) mass is 316 g/mol. The van der Waals surface area contributed by atoms with Crippen molar-refractivity contribution in [1.29, 1.82) is 0 Å². The first-order valence-electron chi connectivity index (χ1n) is 7.26. The molecule has 0 radical (unpaired) electrons. The van der Waals surface area contributed by atoms with Crippen LogP contribution in [0, 0.1) is 12.8 Å². The Balaban J connectivity index is 1.62. The summed E-state index contributed by atoms with van der Waals surface area (Å²) in [5, 5.41) is 3.45. The number of hydrogen-bond donors (Lipinski definition) is 2. The van der Waals surface area contributed by atoms with Gasteiger partial charge in [0.05, 0.1) is 16.3 Å². The van der Waals surface area contributed by atoms with E-state index in [9.17, 15) is 9.59 Å². The van der Waals surface area contributed by atoms with Gasteiger partial charge >= 0.3 is 0 Å². The Morgan fingerprint density at radius 2 is 2.27 bits per heavy atom. The van der Waals surface area contributed by atoms with E-state index in [-0.39, 0.29) is 23.8 Å². The van der Waals surface area contributed by atoms with E-state index in [1.54, 1.807) is 0 Å². The molecule has 0 spiro atoms. The van der Waals surface area contributed by atoms with Crippen molar-refractivity contribution in [3.05, 3.63) is 23.3 Å². The predicted octanol–water partition coefficient (Wildman–Crippen LogP) is 1.15. The highest BCUT2D eigenvalue weighted by atomic mass is 32.1. The van der Waals surface area contributed by atoms with E-state index in [1.165, 1.54) is 11.3 Å². The van der Waals surface area contributed by atoms with Crippen LogP contribution in [0.4, 0.5) is 5.13 Å². The summed E-state index contributed by atoms with van der Waals surface area (Å²) in [6.07, 6.45) is 0.526. The van der Waals surface area contributed by atoms with Crippen molar-refractivity contribution < 1.29 is 9.59 Å². The molecule has 2 aliphatic heterocycles. The summed E-state index contributed by atoms with van der Waals surface area (Å²) in [6.45, 7) is 3.18. The van der Waals surface area contributed by atoms with Crippen LogP contribution in [0.3, 0.4) is 0 Å². The molecule has 4 rings (SSSR count). The quantitative estimate of drug-likeness (QED) is 0.826. The van der Waals surface area contributed by atoms with Crippen molar-refractivity contribution in [1.82, 2.24) is 15.2 Å². The second kappa shape index (κ2) is 4.67. The van der Waals surface area contributed by atoms with Crippen LogP contribution in [-0.2, 0) is 4.79 Å². The van der Waals surface area contributed by atoms with Crippen LogP contribution in [0.1, 0.15) is 22.3 Å². The van der Waals surface area contributed by atoms with Gasteiger partial charge in [-0.3, -0.25) is 9.59 Å². The van der Waals surface area contributed by atoms with E-state index in [0.717, 1.165) is 15.8 Å². The number of carbonyl (C=O) groups excluding carboxylic acids is 2. The van der Waals surface area contributed by atoms with Crippen molar-refractivity contribution in [3.8, 4) is 0 Å². The first kappa shape index (κ1) is 13.5. The maximum absolute atomic E-state index is 12.7. The highest BCUT2D eigenvalue weighted by Gasteiger charge is 2.41. The fraction of sp³-hybridized carbons (Fsp3) is 0.400. The van der Waals surface area contributed by atoms with E-state index in [1.807, 2.05) is 24.0 Å². The van der Waals surface area contributed by atoms with Gasteiger partial charge in [-0.05, 0) is 24.6 Å². The zero-order chi connectivity index (χ0) is 15.4. The third-order valence-electron chi connectivity index (χ3n) is 4.47. The van der Waals surface area contributed by atoms with Gasteiger partial charge in [-0.1, -0.05) is 11.3 Å². The number of nitrogen functional groups attached to an aromatic ring is 1. The van der Waals surface area contributed by atoms with Gasteiger partial charge in [0.2, 0.25) is 5.91 Å².